The first-order valence-electron chi connectivity index (χ1n) is 9.59. The van der Waals surface area contributed by atoms with Crippen LogP contribution < -0.4 is 4.90 Å². The molecule has 0 saturated heterocycles. The molecule has 1 aliphatic carbocycles. The van der Waals surface area contributed by atoms with Gasteiger partial charge >= 0.3 is 0 Å². The average molecular weight is 392 g/mol. The van der Waals surface area contributed by atoms with Crippen LogP contribution in [0.4, 0.5) is 5.69 Å². The van der Waals surface area contributed by atoms with Gasteiger partial charge in [-0.2, -0.15) is 0 Å². The highest BCUT2D eigenvalue weighted by atomic mass is 35.5. The van der Waals surface area contributed by atoms with Crippen molar-refractivity contribution in [2.45, 2.75) is 52.6 Å². The molecule has 0 aliphatic heterocycles. The van der Waals surface area contributed by atoms with E-state index in [-0.39, 0.29) is 6.61 Å². The van der Waals surface area contributed by atoms with Crippen molar-refractivity contribution < 1.29 is 5.11 Å². The summed E-state index contributed by atoms with van der Waals surface area (Å²) in [6.45, 7) is 6.46. The van der Waals surface area contributed by atoms with Crippen molar-refractivity contribution in [3.05, 3.63) is 51.0 Å². The van der Waals surface area contributed by atoms with Gasteiger partial charge in [0.1, 0.15) is 0 Å². The number of halogens is 2. The molecule has 0 fully saturated rings. The average Bonchev–Trinajstić information content (AvgIpc) is 3.00. The maximum Gasteiger partial charge on any atom is 0.0688 e. The molecule has 0 unspecified atom stereocenters. The number of aliphatic hydroxyl groups excluding tert-OH is 1. The Morgan fingerprint density at radius 1 is 1.04 bits per heavy atom. The summed E-state index contributed by atoms with van der Waals surface area (Å²) in [6.07, 6.45) is 5.44. The highest BCUT2D eigenvalue weighted by Crippen LogP contribution is 2.47. The van der Waals surface area contributed by atoms with Crippen LogP contribution in [0, 0.1) is 0 Å². The highest BCUT2D eigenvalue weighted by Gasteiger charge is 2.28. The van der Waals surface area contributed by atoms with E-state index in [1.54, 1.807) is 0 Å². The van der Waals surface area contributed by atoms with Crippen molar-refractivity contribution in [1.82, 2.24) is 0 Å². The summed E-state index contributed by atoms with van der Waals surface area (Å²) >= 11 is 13.0. The third-order valence-electron chi connectivity index (χ3n) is 5.19. The first kappa shape index (κ1) is 19.5. The van der Waals surface area contributed by atoms with Gasteiger partial charge in [0, 0.05) is 24.5 Å². The Hall–Kier alpha value is -1.22. The Balaban J connectivity index is 2.13. The summed E-state index contributed by atoms with van der Waals surface area (Å²) in [5, 5.41) is 11.4. The smallest absolute Gasteiger partial charge is 0.0688 e. The van der Waals surface area contributed by atoms with Crippen molar-refractivity contribution >= 4 is 28.9 Å². The standard InChI is InChI=1S/C22H27Cl2NO/c1-3-5-9-25(10-6-4-2)22-19-12-15-11-17(23)7-8-18(15)21(19)16(14-26)13-20(22)24/h7-8,11,13,26H,3-6,9-10,12,14H2,1-2H3. The Kier molecular flexibility index (Phi) is 6.50. The van der Waals surface area contributed by atoms with Crippen LogP contribution in [0.1, 0.15) is 56.2 Å². The molecule has 3 rings (SSSR count). The Labute approximate surface area is 166 Å². The minimum absolute atomic E-state index is 0.00564. The zero-order valence-corrected chi connectivity index (χ0v) is 17.1. The van der Waals surface area contributed by atoms with Gasteiger partial charge in [-0.05, 0) is 58.9 Å². The minimum atomic E-state index is -0.00564. The number of fused-ring (bicyclic) bond motifs is 3. The van der Waals surface area contributed by atoms with E-state index in [9.17, 15) is 5.11 Å². The van der Waals surface area contributed by atoms with Gasteiger partial charge in [0.25, 0.3) is 0 Å². The molecule has 2 aromatic rings. The minimum Gasteiger partial charge on any atom is -0.392 e. The molecule has 0 spiro atoms. The monoisotopic (exact) mass is 391 g/mol. The summed E-state index contributed by atoms with van der Waals surface area (Å²) in [4.78, 5) is 2.45. The third kappa shape index (κ3) is 3.74. The van der Waals surface area contributed by atoms with Crippen molar-refractivity contribution in [2.75, 3.05) is 18.0 Å². The molecule has 2 nitrogen and oxygen atoms in total. The predicted octanol–water partition coefficient (Wildman–Crippen LogP) is 6.46. The molecule has 0 amide bonds. The van der Waals surface area contributed by atoms with Gasteiger partial charge in [-0.15, -0.1) is 0 Å². The van der Waals surface area contributed by atoms with E-state index in [2.05, 4.69) is 24.8 Å². The van der Waals surface area contributed by atoms with Crippen molar-refractivity contribution in [3.63, 3.8) is 0 Å². The Bertz CT molecular complexity index is 780. The molecule has 26 heavy (non-hydrogen) atoms. The molecule has 140 valence electrons. The van der Waals surface area contributed by atoms with Crippen molar-refractivity contribution in [2.24, 2.45) is 0 Å². The number of nitrogens with zero attached hydrogens (tertiary/aromatic N) is 1. The van der Waals surface area contributed by atoms with E-state index in [1.807, 2.05) is 18.2 Å². The molecular formula is C22H27Cl2NO. The van der Waals surface area contributed by atoms with Crippen LogP contribution in [-0.2, 0) is 13.0 Å². The van der Waals surface area contributed by atoms with Gasteiger partial charge in [-0.25, -0.2) is 0 Å². The van der Waals surface area contributed by atoms with Crippen molar-refractivity contribution in [3.8, 4) is 11.1 Å². The third-order valence-corrected chi connectivity index (χ3v) is 5.71. The summed E-state index contributed by atoms with van der Waals surface area (Å²) in [6, 6.07) is 7.99. The first-order chi connectivity index (χ1) is 12.6. The number of hydrogen-bond donors (Lipinski definition) is 1. The fraction of sp³-hybridized carbons (Fsp3) is 0.455. The molecule has 0 aromatic heterocycles. The van der Waals surface area contributed by atoms with Crippen molar-refractivity contribution in [1.29, 1.82) is 0 Å². The molecule has 4 heteroatoms. The lowest BCUT2D eigenvalue weighted by Gasteiger charge is -2.29. The van der Waals surface area contributed by atoms with Gasteiger partial charge in [0.15, 0.2) is 0 Å². The summed E-state index contributed by atoms with van der Waals surface area (Å²) in [5.74, 6) is 0. The predicted molar refractivity (Wildman–Crippen MR) is 113 cm³/mol. The number of unbranched alkanes of at least 4 members (excludes halogenated alkanes) is 2. The molecule has 1 N–H and O–H groups in total. The SMILES string of the molecule is CCCCN(CCCC)c1c(Cl)cc(CO)c2c1Cc1cc(Cl)ccc1-2. The molecular weight excluding hydrogens is 365 g/mol. The Morgan fingerprint density at radius 3 is 2.35 bits per heavy atom. The van der Waals surface area contributed by atoms with Crippen LogP contribution in [0.3, 0.4) is 0 Å². The fourth-order valence-electron chi connectivity index (χ4n) is 3.90. The van der Waals surface area contributed by atoms with Gasteiger partial charge in [0.05, 0.1) is 17.3 Å². The molecule has 2 aromatic carbocycles. The number of rotatable bonds is 8. The largest absolute Gasteiger partial charge is 0.392 e. The lowest BCUT2D eigenvalue weighted by atomic mass is 9.97. The lowest BCUT2D eigenvalue weighted by Crippen LogP contribution is -2.27. The molecule has 0 atom stereocenters. The van der Waals surface area contributed by atoms with E-state index in [0.717, 1.165) is 72.1 Å². The molecule has 0 saturated carbocycles. The summed E-state index contributed by atoms with van der Waals surface area (Å²) in [5.41, 5.74) is 6.84. The molecule has 1 aliphatic rings. The number of anilines is 1. The van der Waals surface area contributed by atoms with E-state index >= 15 is 0 Å². The van der Waals surface area contributed by atoms with E-state index in [1.165, 1.54) is 16.7 Å². The van der Waals surface area contributed by atoms with Crippen LogP contribution in [-0.4, -0.2) is 18.2 Å². The second-order valence-corrected chi connectivity index (χ2v) is 7.89. The summed E-state index contributed by atoms with van der Waals surface area (Å²) < 4.78 is 0. The lowest BCUT2D eigenvalue weighted by molar-refractivity contribution is 0.282. The van der Waals surface area contributed by atoms with Gasteiger partial charge < -0.3 is 10.0 Å². The van der Waals surface area contributed by atoms with Gasteiger partial charge in [-0.1, -0.05) is 56.0 Å². The van der Waals surface area contributed by atoms with Gasteiger partial charge in [0.2, 0.25) is 0 Å². The quantitative estimate of drug-likeness (QED) is 0.475. The first-order valence-corrected chi connectivity index (χ1v) is 10.3. The summed E-state index contributed by atoms with van der Waals surface area (Å²) in [7, 11) is 0. The fourth-order valence-corrected chi connectivity index (χ4v) is 4.46. The number of benzene rings is 2. The normalized spacial score (nSPS) is 12.2. The Morgan fingerprint density at radius 2 is 1.73 bits per heavy atom. The molecule has 0 bridgehead atoms. The maximum absolute atomic E-state index is 9.92. The second kappa shape index (κ2) is 8.65. The zero-order chi connectivity index (χ0) is 18.7. The van der Waals surface area contributed by atoms with E-state index in [4.69, 9.17) is 23.2 Å². The number of aliphatic hydroxyl groups is 1. The molecule has 0 heterocycles. The molecule has 0 radical (unpaired) electrons. The van der Waals surface area contributed by atoms with Crippen LogP contribution >= 0.6 is 23.2 Å². The van der Waals surface area contributed by atoms with Crippen LogP contribution in [0.2, 0.25) is 10.0 Å². The van der Waals surface area contributed by atoms with Crippen LogP contribution in [0.25, 0.3) is 11.1 Å². The maximum atomic E-state index is 9.92. The van der Waals surface area contributed by atoms with E-state index in [0.29, 0.717) is 0 Å². The van der Waals surface area contributed by atoms with E-state index < -0.39 is 0 Å². The second-order valence-electron chi connectivity index (χ2n) is 7.05. The number of hydrogen-bond acceptors (Lipinski definition) is 2. The highest BCUT2D eigenvalue weighted by molar-refractivity contribution is 6.34. The van der Waals surface area contributed by atoms with Gasteiger partial charge in [-0.3, -0.25) is 0 Å². The van der Waals surface area contributed by atoms with Crippen LogP contribution in [0.5, 0.6) is 0 Å². The zero-order valence-electron chi connectivity index (χ0n) is 15.6. The van der Waals surface area contributed by atoms with Crippen LogP contribution in [0.15, 0.2) is 24.3 Å². The topological polar surface area (TPSA) is 23.5 Å².